The largest absolute Gasteiger partial charge is 0.481 e. The number of ether oxygens (including phenoxy) is 1. The van der Waals surface area contributed by atoms with Crippen LogP contribution < -0.4 is 5.32 Å². The van der Waals surface area contributed by atoms with Crippen molar-refractivity contribution in [2.75, 3.05) is 19.3 Å². The van der Waals surface area contributed by atoms with Gasteiger partial charge in [0.1, 0.15) is 11.6 Å². The van der Waals surface area contributed by atoms with Gasteiger partial charge in [-0.2, -0.15) is 0 Å². The Bertz CT molecular complexity index is 813. The van der Waals surface area contributed by atoms with E-state index in [0.717, 1.165) is 10.6 Å². The summed E-state index contributed by atoms with van der Waals surface area (Å²) < 4.78 is 29.4. The zero-order chi connectivity index (χ0) is 24.2. The summed E-state index contributed by atoms with van der Waals surface area (Å²) in [5, 5.41) is 32.8. The van der Waals surface area contributed by atoms with E-state index < -0.39 is 68.9 Å². The van der Waals surface area contributed by atoms with Crippen molar-refractivity contribution in [3.05, 3.63) is 10.1 Å². The maximum absolute atomic E-state index is 11.9. The second kappa shape index (κ2) is 9.77. The maximum Gasteiger partial charge on any atom is 0.408 e. The first-order valence-corrected chi connectivity index (χ1v) is 11.4. The minimum absolute atomic E-state index is 0.148. The topological polar surface area (TPSA) is 193 Å². The summed E-state index contributed by atoms with van der Waals surface area (Å²) in [5.74, 6) is -4.44. The standard InChI is InChI=1S/C17H29N3O10S/c1-16(2,3)30-15(25)18-12(14(23)24)9-11(13(21)22)10-17(20(26)27)5-7-19(8-6-17)31(4,28)29/h11-12H,5-10H2,1-4H3,(H,18,25)(H,21,22)(H,23,24)/t11?,12-/m0/s1. The third kappa shape index (κ3) is 7.94. The second-order valence-electron chi connectivity index (χ2n) is 8.66. The molecule has 31 heavy (non-hydrogen) atoms. The molecule has 0 radical (unpaired) electrons. The number of nitrogens with one attached hydrogen (secondary N) is 1. The van der Waals surface area contributed by atoms with Gasteiger partial charge in [0.25, 0.3) is 0 Å². The molecular formula is C17H29N3O10S. The normalized spacial score (nSPS) is 19.1. The van der Waals surface area contributed by atoms with Gasteiger partial charge in [0.15, 0.2) is 0 Å². The average Bonchev–Trinajstić information content (AvgIpc) is 2.57. The molecule has 0 bridgehead atoms. The molecular weight excluding hydrogens is 438 g/mol. The van der Waals surface area contributed by atoms with Crippen molar-refractivity contribution in [1.82, 2.24) is 9.62 Å². The highest BCUT2D eigenvalue weighted by atomic mass is 32.2. The second-order valence-corrected chi connectivity index (χ2v) is 10.6. The van der Waals surface area contributed by atoms with Crippen LogP contribution in [0.25, 0.3) is 0 Å². The molecule has 1 fully saturated rings. The zero-order valence-corrected chi connectivity index (χ0v) is 18.7. The fraction of sp³-hybridized carbons (Fsp3) is 0.824. The minimum Gasteiger partial charge on any atom is -0.481 e. The number of carbonyl (C=O) groups is 3. The summed E-state index contributed by atoms with van der Waals surface area (Å²) in [6, 6.07) is -1.64. The summed E-state index contributed by atoms with van der Waals surface area (Å²) in [5.41, 5.74) is -2.64. The highest BCUT2D eigenvalue weighted by Crippen LogP contribution is 2.34. The van der Waals surface area contributed by atoms with Crippen LogP contribution in [-0.4, -0.2) is 82.4 Å². The van der Waals surface area contributed by atoms with Crippen LogP contribution in [0.2, 0.25) is 0 Å². The smallest absolute Gasteiger partial charge is 0.408 e. The van der Waals surface area contributed by atoms with Crippen molar-refractivity contribution in [2.45, 2.75) is 63.6 Å². The lowest BCUT2D eigenvalue weighted by atomic mass is 9.78. The lowest BCUT2D eigenvalue weighted by Gasteiger charge is -2.36. The Kier molecular flexibility index (Phi) is 8.37. The fourth-order valence-electron chi connectivity index (χ4n) is 3.38. The first-order chi connectivity index (χ1) is 14.0. The molecule has 0 aliphatic carbocycles. The van der Waals surface area contributed by atoms with Gasteiger partial charge in [-0.1, -0.05) is 0 Å². The van der Waals surface area contributed by atoms with E-state index in [1.54, 1.807) is 20.8 Å². The van der Waals surface area contributed by atoms with Crippen molar-refractivity contribution in [3.63, 3.8) is 0 Å². The summed E-state index contributed by atoms with van der Waals surface area (Å²) in [4.78, 5) is 46.4. The first-order valence-electron chi connectivity index (χ1n) is 9.51. The molecule has 14 heteroatoms. The number of nitro groups is 1. The van der Waals surface area contributed by atoms with Crippen LogP contribution >= 0.6 is 0 Å². The van der Waals surface area contributed by atoms with Gasteiger partial charge in [-0.15, -0.1) is 0 Å². The first kappa shape index (κ1) is 26.6. The summed E-state index contributed by atoms with van der Waals surface area (Å²) >= 11 is 0. The van der Waals surface area contributed by atoms with Gasteiger partial charge in [0.2, 0.25) is 15.6 Å². The number of piperidine rings is 1. The van der Waals surface area contributed by atoms with Crippen molar-refractivity contribution in [2.24, 2.45) is 5.92 Å². The Hall–Kier alpha value is -2.48. The van der Waals surface area contributed by atoms with E-state index in [2.05, 4.69) is 5.32 Å². The Morgan fingerprint density at radius 2 is 1.71 bits per heavy atom. The Morgan fingerprint density at radius 1 is 1.19 bits per heavy atom. The van der Waals surface area contributed by atoms with Crippen molar-refractivity contribution < 1.29 is 42.7 Å². The van der Waals surface area contributed by atoms with E-state index >= 15 is 0 Å². The maximum atomic E-state index is 11.9. The van der Waals surface area contributed by atoms with Gasteiger partial charge in [-0.05, 0) is 27.2 Å². The number of carboxylic acid groups (broad SMARTS) is 2. The molecule has 1 rings (SSSR count). The molecule has 0 aromatic rings. The van der Waals surface area contributed by atoms with E-state index in [-0.39, 0.29) is 25.9 Å². The van der Waals surface area contributed by atoms with Gasteiger partial charge in [-0.25, -0.2) is 22.3 Å². The van der Waals surface area contributed by atoms with Crippen molar-refractivity contribution in [3.8, 4) is 0 Å². The van der Waals surface area contributed by atoms with E-state index in [4.69, 9.17) is 4.74 Å². The highest BCUT2D eigenvalue weighted by Gasteiger charge is 2.50. The van der Waals surface area contributed by atoms with E-state index in [1.807, 2.05) is 0 Å². The summed E-state index contributed by atoms with van der Waals surface area (Å²) in [7, 11) is -3.55. The SMILES string of the molecule is CC(C)(C)OC(=O)N[C@@H](CC(CC1([N+](=O)[O-])CCN(S(C)(=O)=O)CC1)C(=O)O)C(=O)O. The summed E-state index contributed by atoms with van der Waals surface area (Å²) in [6.07, 6.45) is -1.62. The van der Waals surface area contributed by atoms with Crippen LogP contribution in [0.1, 0.15) is 46.5 Å². The number of rotatable bonds is 9. The molecule has 178 valence electrons. The molecule has 0 saturated carbocycles. The van der Waals surface area contributed by atoms with Crippen LogP contribution in [0, 0.1) is 16.0 Å². The fourth-order valence-corrected chi connectivity index (χ4v) is 4.23. The van der Waals surface area contributed by atoms with Gasteiger partial charge in [-0.3, -0.25) is 14.9 Å². The highest BCUT2D eigenvalue weighted by molar-refractivity contribution is 7.88. The van der Waals surface area contributed by atoms with E-state index in [9.17, 15) is 43.1 Å². The molecule has 0 spiro atoms. The Labute approximate surface area is 179 Å². The number of amides is 1. The average molecular weight is 467 g/mol. The lowest BCUT2D eigenvalue weighted by Crippen LogP contribution is -2.52. The number of hydrogen-bond acceptors (Lipinski definition) is 8. The zero-order valence-electron chi connectivity index (χ0n) is 17.9. The third-order valence-electron chi connectivity index (χ3n) is 4.99. The number of sulfonamides is 1. The molecule has 2 atom stereocenters. The van der Waals surface area contributed by atoms with Gasteiger partial charge in [0, 0.05) is 37.3 Å². The van der Waals surface area contributed by atoms with E-state index in [1.165, 1.54) is 0 Å². The van der Waals surface area contributed by atoms with Gasteiger partial charge >= 0.3 is 18.0 Å². The van der Waals surface area contributed by atoms with Crippen LogP contribution in [0.3, 0.4) is 0 Å². The van der Waals surface area contributed by atoms with Crippen molar-refractivity contribution in [1.29, 1.82) is 0 Å². The van der Waals surface area contributed by atoms with Crippen LogP contribution in [0.15, 0.2) is 0 Å². The molecule has 1 amide bonds. The number of hydrogen-bond donors (Lipinski definition) is 3. The third-order valence-corrected chi connectivity index (χ3v) is 6.30. The molecule has 3 N–H and O–H groups in total. The number of alkyl carbamates (subject to hydrolysis) is 1. The quantitative estimate of drug-likeness (QED) is 0.318. The molecule has 0 aromatic carbocycles. The number of carboxylic acids is 2. The number of carbonyl (C=O) groups excluding carboxylic acids is 1. The molecule has 1 saturated heterocycles. The van der Waals surface area contributed by atoms with Gasteiger partial charge < -0.3 is 20.3 Å². The molecule has 1 aliphatic heterocycles. The number of aliphatic carboxylic acids is 2. The van der Waals surface area contributed by atoms with Crippen LogP contribution in [0.4, 0.5) is 4.79 Å². The summed E-state index contributed by atoms with van der Waals surface area (Å²) in [6.45, 7) is 4.39. The Morgan fingerprint density at radius 3 is 2.06 bits per heavy atom. The molecule has 13 nitrogen and oxygen atoms in total. The number of nitrogens with zero attached hydrogens (tertiary/aromatic N) is 2. The molecule has 1 heterocycles. The van der Waals surface area contributed by atoms with Crippen molar-refractivity contribution >= 4 is 28.1 Å². The Balaban J connectivity index is 3.00. The predicted molar refractivity (Wildman–Crippen MR) is 107 cm³/mol. The van der Waals surface area contributed by atoms with Gasteiger partial charge in [0.05, 0.1) is 12.2 Å². The molecule has 1 aliphatic rings. The minimum atomic E-state index is -3.55. The molecule has 0 aromatic heterocycles. The predicted octanol–water partition coefficient (Wildman–Crippen LogP) is 0.516. The van der Waals surface area contributed by atoms with Crippen LogP contribution in [0.5, 0.6) is 0 Å². The van der Waals surface area contributed by atoms with Crippen LogP contribution in [-0.2, 0) is 24.3 Å². The monoisotopic (exact) mass is 467 g/mol. The lowest BCUT2D eigenvalue weighted by molar-refractivity contribution is -0.577. The van der Waals surface area contributed by atoms with E-state index in [0.29, 0.717) is 0 Å². The molecule has 1 unspecified atom stereocenters.